The number of amides is 2. The van der Waals surface area contributed by atoms with Crippen LogP contribution in [0, 0.1) is 0 Å². The number of primary amides is 1. The van der Waals surface area contributed by atoms with Crippen molar-refractivity contribution in [2.24, 2.45) is 5.73 Å². The molecule has 2 aromatic rings. The molecule has 0 aliphatic rings. The summed E-state index contributed by atoms with van der Waals surface area (Å²) >= 11 is 0. The molecule has 0 aliphatic carbocycles. The molecule has 6 heteroatoms. The molecule has 0 radical (unpaired) electrons. The van der Waals surface area contributed by atoms with E-state index in [9.17, 15) is 9.59 Å². The van der Waals surface area contributed by atoms with Crippen LogP contribution in [0.15, 0.2) is 48.5 Å². The number of hydrogen-bond acceptors (Lipinski definition) is 4. The summed E-state index contributed by atoms with van der Waals surface area (Å²) in [6, 6.07) is 11.8. The Bertz CT molecular complexity index is 798. The molecular weight excluding hydrogens is 332 g/mol. The predicted molar refractivity (Wildman–Crippen MR) is 101 cm³/mol. The van der Waals surface area contributed by atoms with Gasteiger partial charge in [0.05, 0.1) is 13.7 Å². The molecule has 0 saturated heterocycles. The summed E-state index contributed by atoms with van der Waals surface area (Å²) in [5.41, 5.74) is 6.95. The highest BCUT2D eigenvalue weighted by Gasteiger charge is 2.05. The van der Waals surface area contributed by atoms with Gasteiger partial charge in [0.15, 0.2) is 11.5 Å². The van der Waals surface area contributed by atoms with E-state index in [4.69, 9.17) is 15.2 Å². The van der Waals surface area contributed by atoms with Crippen LogP contribution in [0.3, 0.4) is 0 Å². The summed E-state index contributed by atoms with van der Waals surface area (Å²) in [5.74, 6) is 0.485. The van der Waals surface area contributed by atoms with Crippen LogP contribution in [0.25, 0.3) is 6.08 Å². The highest BCUT2D eigenvalue weighted by atomic mass is 16.5. The number of nitrogens with two attached hydrogens (primary N) is 1. The second-order valence-electron chi connectivity index (χ2n) is 5.52. The van der Waals surface area contributed by atoms with Gasteiger partial charge in [-0.15, -0.1) is 0 Å². The Labute approximate surface area is 152 Å². The highest BCUT2D eigenvalue weighted by molar-refractivity contribution is 6.02. The molecule has 26 heavy (non-hydrogen) atoms. The van der Waals surface area contributed by atoms with Crippen LogP contribution in [0.4, 0.5) is 5.69 Å². The summed E-state index contributed by atoms with van der Waals surface area (Å²) in [6.07, 6.45) is 4.01. The average Bonchev–Trinajstić information content (AvgIpc) is 2.65. The molecule has 136 valence electrons. The third-order valence-corrected chi connectivity index (χ3v) is 3.51. The van der Waals surface area contributed by atoms with Crippen molar-refractivity contribution in [1.29, 1.82) is 0 Å². The largest absolute Gasteiger partial charge is 0.493 e. The van der Waals surface area contributed by atoms with Gasteiger partial charge in [-0.25, -0.2) is 0 Å². The number of nitrogens with one attached hydrogen (secondary N) is 1. The summed E-state index contributed by atoms with van der Waals surface area (Å²) in [7, 11) is 1.57. The molecule has 3 N–H and O–H groups in total. The fourth-order valence-corrected chi connectivity index (χ4v) is 2.19. The Morgan fingerprint density at radius 1 is 1.12 bits per heavy atom. The number of rotatable bonds is 8. The molecule has 0 unspecified atom stereocenters. The van der Waals surface area contributed by atoms with Crippen LogP contribution in [0.1, 0.15) is 29.3 Å². The molecule has 0 heterocycles. The van der Waals surface area contributed by atoms with Gasteiger partial charge in [0.25, 0.3) is 0 Å². The van der Waals surface area contributed by atoms with Gasteiger partial charge in [-0.05, 0) is 54.5 Å². The lowest BCUT2D eigenvalue weighted by Gasteiger charge is -2.10. The van der Waals surface area contributed by atoms with Crippen LogP contribution in [-0.4, -0.2) is 25.5 Å². The Kier molecular flexibility index (Phi) is 6.79. The Hall–Kier alpha value is -3.28. The summed E-state index contributed by atoms with van der Waals surface area (Å²) in [4.78, 5) is 23.1. The molecule has 2 amide bonds. The van der Waals surface area contributed by atoms with Crippen LogP contribution < -0.4 is 20.5 Å². The van der Waals surface area contributed by atoms with Crippen molar-refractivity contribution >= 4 is 23.6 Å². The van der Waals surface area contributed by atoms with E-state index in [0.717, 1.165) is 12.0 Å². The van der Waals surface area contributed by atoms with Crippen molar-refractivity contribution < 1.29 is 19.1 Å². The minimum Gasteiger partial charge on any atom is -0.493 e. The lowest BCUT2D eigenvalue weighted by Crippen LogP contribution is -2.11. The minimum atomic E-state index is -0.511. The molecule has 2 rings (SSSR count). The van der Waals surface area contributed by atoms with Gasteiger partial charge < -0.3 is 20.5 Å². The van der Waals surface area contributed by atoms with Gasteiger partial charge in [-0.1, -0.05) is 13.0 Å². The van der Waals surface area contributed by atoms with Gasteiger partial charge in [0, 0.05) is 17.3 Å². The summed E-state index contributed by atoms with van der Waals surface area (Å²) < 4.78 is 10.9. The van der Waals surface area contributed by atoms with Crippen molar-refractivity contribution in [2.45, 2.75) is 13.3 Å². The van der Waals surface area contributed by atoms with E-state index in [1.165, 1.54) is 6.08 Å². The van der Waals surface area contributed by atoms with Crippen molar-refractivity contribution in [3.8, 4) is 11.5 Å². The van der Waals surface area contributed by atoms with E-state index in [2.05, 4.69) is 5.32 Å². The third-order valence-electron chi connectivity index (χ3n) is 3.51. The fourth-order valence-electron chi connectivity index (χ4n) is 2.19. The molecule has 2 aromatic carbocycles. The maximum atomic E-state index is 12.0. The molecule has 0 spiro atoms. The van der Waals surface area contributed by atoms with E-state index in [1.807, 2.05) is 19.1 Å². The first-order valence-corrected chi connectivity index (χ1v) is 8.23. The quantitative estimate of drug-likeness (QED) is 0.712. The summed E-state index contributed by atoms with van der Waals surface area (Å²) in [6.45, 7) is 2.64. The van der Waals surface area contributed by atoms with Crippen LogP contribution in [0.2, 0.25) is 0 Å². The molecule has 0 aromatic heterocycles. The van der Waals surface area contributed by atoms with E-state index in [0.29, 0.717) is 29.4 Å². The van der Waals surface area contributed by atoms with Crippen molar-refractivity contribution in [2.75, 3.05) is 19.0 Å². The van der Waals surface area contributed by atoms with Crippen molar-refractivity contribution in [3.05, 3.63) is 59.7 Å². The normalized spacial score (nSPS) is 10.5. The zero-order valence-corrected chi connectivity index (χ0v) is 14.8. The first kappa shape index (κ1) is 19.1. The highest BCUT2D eigenvalue weighted by Crippen LogP contribution is 2.28. The third kappa shape index (κ3) is 5.37. The zero-order chi connectivity index (χ0) is 18.9. The van der Waals surface area contributed by atoms with Gasteiger partial charge in [-0.2, -0.15) is 0 Å². The molecule has 0 bridgehead atoms. The first-order chi connectivity index (χ1) is 12.5. The average molecular weight is 354 g/mol. The lowest BCUT2D eigenvalue weighted by molar-refractivity contribution is -0.111. The Morgan fingerprint density at radius 2 is 1.85 bits per heavy atom. The number of benzene rings is 2. The predicted octanol–water partition coefficient (Wildman–Crippen LogP) is 3.23. The second-order valence-corrected chi connectivity index (χ2v) is 5.52. The van der Waals surface area contributed by atoms with Crippen molar-refractivity contribution in [3.63, 3.8) is 0 Å². The van der Waals surface area contributed by atoms with Crippen LogP contribution in [0.5, 0.6) is 11.5 Å². The molecule has 0 fully saturated rings. The number of carbonyl (C=O) groups is 2. The molecule has 0 atom stereocenters. The van der Waals surface area contributed by atoms with E-state index in [-0.39, 0.29) is 5.91 Å². The van der Waals surface area contributed by atoms with E-state index >= 15 is 0 Å². The van der Waals surface area contributed by atoms with Gasteiger partial charge >= 0.3 is 0 Å². The second kappa shape index (κ2) is 9.27. The van der Waals surface area contributed by atoms with Gasteiger partial charge in [0.1, 0.15) is 0 Å². The van der Waals surface area contributed by atoms with E-state index < -0.39 is 5.91 Å². The fraction of sp³-hybridized carbons (Fsp3) is 0.200. The lowest BCUT2D eigenvalue weighted by atomic mass is 10.1. The van der Waals surface area contributed by atoms with Crippen LogP contribution >= 0.6 is 0 Å². The number of hydrogen-bond donors (Lipinski definition) is 2. The molecular formula is C20H22N2O4. The van der Waals surface area contributed by atoms with Crippen molar-refractivity contribution in [1.82, 2.24) is 0 Å². The SMILES string of the molecule is CCCOc1ccc(/C=C/C(=O)Nc2ccc(C(N)=O)cc2)cc1OC. The summed E-state index contributed by atoms with van der Waals surface area (Å²) in [5, 5.41) is 2.71. The zero-order valence-electron chi connectivity index (χ0n) is 14.8. The Balaban J connectivity index is 2.01. The first-order valence-electron chi connectivity index (χ1n) is 8.23. The maximum Gasteiger partial charge on any atom is 0.248 e. The molecule has 6 nitrogen and oxygen atoms in total. The van der Waals surface area contributed by atoms with Gasteiger partial charge in [0.2, 0.25) is 11.8 Å². The maximum absolute atomic E-state index is 12.0. The van der Waals surface area contributed by atoms with E-state index in [1.54, 1.807) is 43.5 Å². The number of carbonyl (C=O) groups excluding carboxylic acids is 2. The van der Waals surface area contributed by atoms with Crippen LogP contribution in [-0.2, 0) is 4.79 Å². The smallest absolute Gasteiger partial charge is 0.248 e. The molecule has 0 saturated carbocycles. The standard InChI is InChI=1S/C20H22N2O4/c1-3-12-26-17-10-4-14(13-18(17)25-2)5-11-19(23)22-16-8-6-15(7-9-16)20(21)24/h4-11,13H,3,12H2,1-2H3,(H2,21,24)(H,22,23)/b11-5+. The topological polar surface area (TPSA) is 90.6 Å². The monoisotopic (exact) mass is 354 g/mol. The minimum absolute atomic E-state index is 0.290. The van der Waals surface area contributed by atoms with Gasteiger partial charge in [-0.3, -0.25) is 9.59 Å². The number of anilines is 1. The Morgan fingerprint density at radius 3 is 2.46 bits per heavy atom. The number of ether oxygens (including phenoxy) is 2. The molecule has 0 aliphatic heterocycles. The number of methoxy groups -OCH3 is 1.